The number of rotatable bonds is 8. The van der Waals surface area contributed by atoms with E-state index in [-0.39, 0.29) is 35.5 Å². The van der Waals surface area contributed by atoms with Gasteiger partial charge in [0.15, 0.2) is 17.7 Å². The minimum Gasteiger partial charge on any atom is -0.481 e. The van der Waals surface area contributed by atoms with E-state index in [1.807, 2.05) is 6.92 Å². The number of aromatic nitrogens is 3. The number of nitrogens with zero attached hydrogens (tertiary/aromatic N) is 3. The number of Topliss-reactive ketones (excluding diaryl/α,β-unsaturated/α-hetero) is 1. The van der Waals surface area contributed by atoms with Crippen LogP contribution in [0.2, 0.25) is 0 Å². The van der Waals surface area contributed by atoms with Gasteiger partial charge in [0.05, 0.1) is 0 Å². The van der Waals surface area contributed by atoms with Gasteiger partial charge in [0, 0.05) is 36.6 Å². The number of halogens is 3. The number of hydrogen-bond acceptors (Lipinski definition) is 6. The van der Waals surface area contributed by atoms with Gasteiger partial charge in [-0.05, 0) is 44.4 Å². The highest BCUT2D eigenvalue weighted by atomic mass is 19.4. The third kappa shape index (κ3) is 4.20. The zero-order chi connectivity index (χ0) is 21.7. The summed E-state index contributed by atoms with van der Waals surface area (Å²) in [5.74, 6) is 1.10. The van der Waals surface area contributed by atoms with Crippen LogP contribution < -0.4 is 4.74 Å². The van der Waals surface area contributed by atoms with Crippen molar-refractivity contribution < 1.29 is 27.2 Å². The molecule has 2 saturated carbocycles. The minimum absolute atomic E-state index is 0.0872. The highest BCUT2D eigenvalue weighted by molar-refractivity contribution is 5.95. The Balaban J connectivity index is 1.60. The van der Waals surface area contributed by atoms with Crippen molar-refractivity contribution in [3.05, 3.63) is 35.2 Å². The number of hydrogen-bond donors (Lipinski definition) is 0. The molecule has 0 N–H and O–H groups in total. The fraction of sp³-hybridized carbons (Fsp3) is 0.619. The standard InChI is InChI=1S/C21H24F3N3O3/c1-11(21(22,23)24)29-18-8-16(25-10-15(18)13-4-5-13)17(28)9-20(3,14-6-7-14)19-26-12(2)30-27-19/h8,10-11,13-14H,4-7,9H2,1-3H3/t11-,20?/m1/s1. The maximum atomic E-state index is 13.1. The number of alkyl halides is 3. The van der Waals surface area contributed by atoms with Crippen LogP contribution in [0.15, 0.2) is 16.8 Å². The van der Waals surface area contributed by atoms with E-state index in [0.29, 0.717) is 17.3 Å². The van der Waals surface area contributed by atoms with Crippen molar-refractivity contribution in [1.82, 2.24) is 15.1 Å². The van der Waals surface area contributed by atoms with E-state index in [2.05, 4.69) is 15.1 Å². The molecule has 30 heavy (non-hydrogen) atoms. The second-order valence-corrected chi connectivity index (χ2v) is 8.61. The Bertz CT molecular complexity index is 950. The number of ether oxygens (including phenoxy) is 1. The Morgan fingerprint density at radius 3 is 2.53 bits per heavy atom. The summed E-state index contributed by atoms with van der Waals surface area (Å²) in [7, 11) is 0. The Labute approximate surface area is 172 Å². The van der Waals surface area contributed by atoms with E-state index >= 15 is 0 Å². The highest BCUT2D eigenvalue weighted by Crippen LogP contribution is 2.49. The predicted octanol–water partition coefficient (Wildman–Crippen LogP) is 4.92. The average Bonchev–Trinajstić information content (AvgIpc) is 3.58. The van der Waals surface area contributed by atoms with Crippen LogP contribution in [0.1, 0.15) is 79.6 Å². The molecule has 1 unspecified atom stereocenters. The molecule has 2 fully saturated rings. The first-order valence-corrected chi connectivity index (χ1v) is 10.1. The molecule has 2 atom stereocenters. The first-order valence-electron chi connectivity index (χ1n) is 10.1. The van der Waals surface area contributed by atoms with Gasteiger partial charge in [-0.25, -0.2) is 0 Å². The Morgan fingerprint density at radius 1 is 1.30 bits per heavy atom. The van der Waals surface area contributed by atoms with Crippen LogP contribution >= 0.6 is 0 Å². The van der Waals surface area contributed by atoms with Crippen LogP contribution in [0.4, 0.5) is 13.2 Å². The van der Waals surface area contributed by atoms with Gasteiger partial charge in [-0.2, -0.15) is 18.2 Å². The molecule has 0 bridgehead atoms. The van der Waals surface area contributed by atoms with Crippen LogP contribution in [0.5, 0.6) is 5.75 Å². The van der Waals surface area contributed by atoms with E-state index in [1.165, 1.54) is 12.3 Å². The molecule has 2 aromatic heterocycles. The molecule has 0 radical (unpaired) electrons. The smallest absolute Gasteiger partial charge is 0.425 e. The molecule has 0 aliphatic heterocycles. The van der Waals surface area contributed by atoms with Gasteiger partial charge in [0.25, 0.3) is 0 Å². The van der Waals surface area contributed by atoms with Gasteiger partial charge in [-0.3, -0.25) is 9.78 Å². The summed E-state index contributed by atoms with van der Waals surface area (Å²) >= 11 is 0. The minimum atomic E-state index is -4.49. The molecule has 4 rings (SSSR count). The van der Waals surface area contributed by atoms with Crippen molar-refractivity contribution in [3.8, 4) is 5.75 Å². The van der Waals surface area contributed by atoms with Crippen LogP contribution in [0, 0.1) is 12.8 Å². The first-order chi connectivity index (χ1) is 14.1. The maximum Gasteiger partial charge on any atom is 0.425 e. The lowest BCUT2D eigenvalue weighted by Crippen LogP contribution is -2.32. The molecule has 2 aromatic rings. The van der Waals surface area contributed by atoms with Crippen LogP contribution in [0.25, 0.3) is 0 Å². The van der Waals surface area contributed by atoms with Gasteiger partial charge in [-0.15, -0.1) is 0 Å². The van der Waals surface area contributed by atoms with E-state index in [1.54, 1.807) is 6.92 Å². The Hall–Kier alpha value is -2.45. The van der Waals surface area contributed by atoms with Crippen LogP contribution in [-0.2, 0) is 5.41 Å². The summed E-state index contributed by atoms with van der Waals surface area (Å²) in [4.78, 5) is 21.7. The first kappa shape index (κ1) is 20.8. The quantitative estimate of drug-likeness (QED) is 0.561. The lowest BCUT2D eigenvalue weighted by atomic mass is 9.78. The van der Waals surface area contributed by atoms with Crippen molar-refractivity contribution in [2.24, 2.45) is 5.92 Å². The number of carbonyl (C=O) groups excluding carboxylic acids is 1. The summed E-state index contributed by atoms with van der Waals surface area (Å²) in [6.45, 7) is 4.57. The Kier molecular flexibility index (Phi) is 5.10. The van der Waals surface area contributed by atoms with E-state index in [4.69, 9.17) is 9.26 Å². The van der Waals surface area contributed by atoms with Gasteiger partial charge in [0.2, 0.25) is 5.89 Å². The maximum absolute atomic E-state index is 13.1. The molecule has 2 heterocycles. The molecule has 162 valence electrons. The third-order valence-electron chi connectivity index (χ3n) is 6.01. The fourth-order valence-corrected chi connectivity index (χ4v) is 3.74. The molecule has 0 spiro atoms. The van der Waals surface area contributed by atoms with E-state index in [9.17, 15) is 18.0 Å². The number of carbonyl (C=O) groups is 1. The molecule has 0 aromatic carbocycles. The average molecular weight is 423 g/mol. The summed E-state index contributed by atoms with van der Waals surface area (Å²) in [5.41, 5.74) is 0.114. The molecule has 2 aliphatic rings. The molecule has 0 saturated heterocycles. The Morgan fingerprint density at radius 2 is 2.00 bits per heavy atom. The second-order valence-electron chi connectivity index (χ2n) is 8.61. The number of ketones is 1. The predicted molar refractivity (Wildman–Crippen MR) is 100 cm³/mol. The molecular weight excluding hydrogens is 399 g/mol. The van der Waals surface area contributed by atoms with Crippen molar-refractivity contribution in [2.45, 2.75) is 76.5 Å². The summed E-state index contributed by atoms with van der Waals surface area (Å²) in [5, 5.41) is 4.02. The van der Waals surface area contributed by atoms with Gasteiger partial charge < -0.3 is 9.26 Å². The molecule has 9 heteroatoms. The SMILES string of the molecule is Cc1nc(C(C)(CC(=O)c2cc(O[C@H](C)C(F)(F)F)c(C3CC3)cn2)C2CC2)no1. The summed E-state index contributed by atoms with van der Waals surface area (Å²) < 4.78 is 49.4. The lowest BCUT2D eigenvalue weighted by Gasteiger charge is -2.25. The van der Waals surface area contributed by atoms with Crippen molar-refractivity contribution in [1.29, 1.82) is 0 Å². The molecule has 6 nitrogen and oxygen atoms in total. The van der Waals surface area contributed by atoms with Gasteiger partial charge in [0.1, 0.15) is 11.4 Å². The molecular formula is C21H24F3N3O3. The number of pyridine rings is 1. The fourth-order valence-electron chi connectivity index (χ4n) is 3.74. The van der Waals surface area contributed by atoms with Gasteiger partial charge in [-0.1, -0.05) is 12.1 Å². The normalized spacial score (nSPS) is 19.9. The van der Waals surface area contributed by atoms with Crippen LogP contribution in [0.3, 0.4) is 0 Å². The van der Waals surface area contributed by atoms with Crippen molar-refractivity contribution in [3.63, 3.8) is 0 Å². The number of aryl methyl sites for hydroxylation is 1. The van der Waals surface area contributed by atoms with Crippen LogP contribution in [-0.4, -0.2) is 33.2 Å². The largest absolute Gasteiger partial charge is 0.481 e. The molecule has 0 amide bonds. The van der Waals surface area contributed by atoms with Crippen molar-refractivity contribution in [2.75, 3.05) is 0 Å². The lowest BCUT2D eigenvalue weighted by molar-refractivity contribution is -0.189. The zero-order valence-electron chi connectivity index (χ0n) is 17.1. The van der Waals surface area contributed by atoms with E-state index in [0.717, 1.165) is 32.6 Å². The highest BCUT2D eigenvalue weighted by Gasteiger charge is 2.47. The third-order valence-corrected chi connectivity index (χ3v) is 6.01. The van der Waals surface area contributed by atoms with E-state index < -0.39 is 17.7 Å². The summed E-state index contributed by atoms with van der Waals surface area (Å²) in [6, 6.07) is 1.35. The topological polar surface area (TPSA) is 78.1 Å². The van der Waals surface area contributed by atoms with Gasteiger partial charge >= 0.3 is 6.18 Å². The monoisotopic (exact) mass is 423 g/mol. The van der Waals surface area contributed by atoms with Crippen molar-refractivity contribution >= 4 is 5.78 Å². The molecule has 2 aliphatic carbocycles. The second kappa shape index (κ2) is 7.35. The zero-order valence-corrected chi connectivity index (χ0v) is 17.1. The summed E-state index contributed by atoms with van der Waals surface area (Å²) in [6.07, 6.45) is -1.21.